The molecule has 0 unspecified atom stereocenters. The van der Waals surface area contributed by atoms with E-state index >= 15 is 0 Å². The van der Waals surface area contributed by atoms with Crippen molar-refractivity contribution in [1.29, 1.82) is 0 Å². The Bertz CT molecular complexity index is 376. The number of H-pyrrole nitrogens is 1. The van der Waals surface area contributed by atoms with Crippen LogP contribution in [0.15, 0.2) is 0 Å². The minimum absolute atomic E-state index is 0.121. The number of amides is 1. The topological polar surface area (TPSA) is 93.2 Å². The minimum Gasteiger partial charge on any atom is -0.379 e. The van der Waals surface area contributed by atoms with E-state index < -0.39 is 0 Å². The largest absolute Gasteiger partial charge is 0.379 e. The van der Waals surface area contributed by atoms with E-state index in [4.69, 9.17) is 9.47 Å². The maximum absolute atomic E-state index is 11.9. The Morgan fingerprint density at radius 2 is 2.21 bits per heavy atom. The second-order valence-electron chi connectivity index (χ2n) is 4.29. The molecule has 2 heterocycles. The standard InChI is InChI=1S/C11H19N5O3/c1-2-18-7-8-19-9-3-5-16(6-4-9)11(17)10-12-14-15-13-10/h9H,2-8H2,1H3,(H,12,13,14,15). The van der Waals surface area contributed by atoms with Gasteiger partial charge in [0.2, 0.25) is 0 Å². The summed E-state index contributed by atoms with van der Waals surface area (Å²) >= 11 is 0. The number of aromatic nitrogens is 4. The molecule has 1 aromatic heterocycles. The molecule has 0 atom stereocenters. The molecule has 1 saturated heterocycles. The second kappa shape index (κ2) is 7.15. The second-order valence-corrected chi connectivity index (χ2v) is 4.29. The summed E-state index contributed by atoms with van der Waals surface area (Å²) in [5.41, 5.74) is 0. The van der Waals surface area contributed by atoms with Gasteiger partial charge in [-0.15, -0.1) is 10.2 Å². The van der Waals surface area contributed by atoms with Crippen LogP contribution in [0.3, 0.4) is 0 Å². The molecule has 8 heteroatoms. The summed E-state index contributed by atoms with van der Waals surface area (Å²) in [7, 11) is 0. The van der Waals surface area contributed by atoms with Crippen LogP contribution in [-0.2, 0) is 9.47 Å². The molecule has 1 aliphatic rings. The monoisotopic (exact) mass is 269 g/mol. The Labute approximate surface area is 111 Å². The lowest BCUT2D eigenvalue weighted by Crippen LogP contribution is -2.41. The zero-order chi connectivity index (χ0) is 13.5. The molecule has 2 rings (SSSR count). The van der Waals surface area contributed by atoms with Crippen molar-refractivity contribution in [3.63, 3.8) is 0 Å². The molecule has 1 N–H and O–H groups in total. The van der Waals surface area contributed by atoms with Crippen LogP contribution in [0.4, 0.5) is 0 Å². The van der Waals surface area contributed by atoms with E-state index in [1.807, 2.05) is 6.92 Å². The Balaban J connectivity index is 1.69. The van der Waals surface area contributed by atoms with E-state index in [1.165, 1.54) is 0 Å². The molecule has 0 aliphatic carbocycles. The number of carbonyl (C=O) groups excluding carboxylic acids is 1. The fraction of sp³-hybridized carbons (Fsp3) is 0.818. The molecule has 0 aromatic carbocycles. The molecule has 19 heavy (non-hydrogen) atoms. The van der Waals surface area contributed by atoms with Crippen molar-refractivity contribution < 1.29 is 14.3 Å². The van der Waals surface area contributed by atoms with Gasteiger partial charge >= 0.3 is 0 Å². The fourth-order valence-corrected chi connectivity index (χ4v) is 2.04. The van der Waals surface area contributed by atoms with Crippen molar-refractivity contribution in [3.05, 3.63) is 5.82 Å². The van der Waals surface area contributed by atoms with Gasteiger partial charge in [-0.1, -0.05) is 0 Å². The van der Waals surface area contributed by atoms with Gasteiger partial charge < -0.3 is 14.4 Å². The zero-order valence-corrected chi connectivity index (χ0v) is 11.0. The molecular formula is C11H19N5O3. The summed E-state index contributed by atoms with van der Waals surface area (Å²) < 4.78 is 10.9. The number of likely N-dealkylation sites (tertiary alicyclic amines) is 1. The van der Waals surface area contributed by atoms with E-state index in [0.717, 1.165) is 12.8 Å². The van der Waals surface area contributed by atoms with Gasteiger partial charge in [-0.3, -0.25) is 4.79 Å². The summed E-state index contributed by atoms with van der Waals surface area (Å²) in [5, 5.41) is 13.1. The van der Waals surface area contributed by atoms with Gasteiger partial charge in [0.1, 0.15) is 0 Å². The number of ether oxygens (including phenoxy) is 2. The maximum atomic E-state index is 11.9. The van der Waals surface area contributed by atoms with Crippen molar-refractivity contribution in [2.24, 2.45) is 0 Å². The predicted octanol–water partition coefficient (Wildman–Crippen LogP) is -0.143. The number of nitrogens with one attached hydrogen (secondary N) is 1. The highest BCUT2D eigenvalue weighted by molar-refractivity contribution is 5.90. The van der Waals surface area contributed by atoms with Gasteiger partial charge in [0.25, 0.3) is 11.7 Å². The van der Waals surface area contributed by atoms with Gasteiger partial charge in [-0.2, -0.15) is 5.21 Å². The Kier molecular flexibility index (Phi) is 5.22. The first-order chi connectivity index (χ1) is 9.31. The molecule has 0 bridgehead atoms. The predicted molar refractivity (Wildman–Crippen MR) is 65.5 cm³/mol. The quantitative estimate of drug-likeness (QED) is 0.722. The van der Waals surface area contributed by atoms with E-state index in [-0.39, 0.29) is 17.8 Å². The Morgan fingerprint density at radius 3 is 2.84 bits per heavy atom. The van der Waals surface area contributed by atoms with Crippen molar-refractivity contribution in [2.45, 2.75) is 25.9 Å². The molecule has 106 valence electrons. The molecule has 1 aliphatic heterocycles. The number of nitrogens with zero attached hydrogens (tertiary/aromatic N) is 4. The number of carbonyl (C=O) groups is 1. The molecule has 1 aromatic rings. The number of piperidine rings is 1. The molecule has 0 spiro atoms. The van der Waals surface area contributed by atoms with Crippen LogP contribution in [0.5, 0.6) is 0 Å². The van der Waals surface area contributed by atoms with Crippen LogP contribution < -0.4 is 0 Å². The average molecular weight is 269 g/mol. The lowest BCUT2D eigenvalue weighted by Gasteiger charge is -2.31. The van der Waals surface area contributed by atoms with Crippen LogP contribution in [0, 0.1) is 0 Å². The van der Waals surface area contributed by atoms with Gasteiger partial charge in [-0.25, -0.2) is 0 Å². The van der Waals surface area contributed by atoms with Crippen molar-refractivity contribution in [1.82, 2.24) is 25.5 Å². The first-order valence-electron chi connectivity index (χ1n) is 6.53. The summed E-state index contributed by atoms with van der Waals surface area (Å²) in [4.78, 5) is 13.7. The first-order valence-corrected chi connectivity index (χ1v) is 6.53. The lowest BCUT2D eigenvalue weighted by atomic mass is 10.1. The lowest BCUT2D eigenvalue weighted by molar-refractivity contribution is -0.0184. The third-order valence-electron chi connectivity index (χ3n) is 3.05. The third kappa shape index (κ3) is 3.97. The van der Waals surface area contributed by atoms with Gasteiger partial charge in [0.05, 0.1) is 19.3 Å². The number of hydrogen-bond donors (Lipinski definition) is 1. The fourth-order valence-electron chi connectivity index (χ4n) is 2.04. The minimum atomic E-state index is -0.179. The van der Waals surface area contributed by atoms with Crippen molar-refractivity contribution in [3.8, 4) is 0 Å². The first kappa shape index (κ1) is 13.9. The van der Waals surface area contributed by atoms with Crippen LogP contribution >= 0.6 is 0 Å². The van der Waals surface area contributed by atoms with E-state index in [2.05, 4.69) is 20.6 Å². The highest BCUT2D eigenvalue weighted by Gasteiger charge is 2.26. The smallest absolute Gasteiger partial charge is 0.295 e. The molecule has 8 nitrogen and oxygen atoms in total. The van der Waals surface area contributed by atoms with Crippen LogP contribution in [0.1, 0.15) is 30.4 Å². The summed E-state index contributed by atoms with van der Waals surface area (Å²) in [6, 6.07) is 0. The SMILES string of the molecule is CCOCCOC1CCN(C(=O)c2nn[nH]n2)CC1. The number of aromatic amines is 1. The van der Waals surface area contributed by atoms with E-state index in [0.29, 0.717) is 32.9 Å². The Hall–Kier alpha value is -1.54. The summed E-state index contributed by atoms with van der Waals surface area (Å²) in [6.45, 7) is 5.22. The van der Waals surface area contributed by atoms with Crippen molar-refractivity contribution >= 4 is 5.91 Å². The number of hydrogen-bond acceptors (Lipinski definition) is 6. The van der Waals surface area contributed by atoms with E-state index in [9.17, 15) is 4.79 Å². The van der Waals surface area contributed by atoms with Gasteiger partial charge in [0, 0.05) is 19.7 Å². The summed E-state index contributed by atoms with van der Waals surface area (Å²) in [6.07, 6.45) is 1.86. The zero-order valence-electron chi connectivity index (χ0n) is 11.0. The van der Waals surface area contributed by atoms with Gasteiger partial charge in [-0.05, 0) is 25.0 Å². The highest BCUT2D eigenvalue weighted by atomic mass is 16.5. The van der Waals surface area contributed by atoms with Gasteiger partial charge in [0.15, 0.2) is 0 Å². The highest BCUT2D eigenvalue weighted by Crippen LogP contribution is 2.14. The number of rotatable bonds is 6. The Morgan fingerprint density at radius 1 is 1.42 bits per heavy atom. The molecule has 0 radical (unpaired) electrons. The normalized spacial score (nSPS) is 16.8. The summed E-state index contributed by atoms with van der Waals surface area (Å²) in [5.74, 6) is -0.0581. The maximum Gasteiger partial charge on any atom is 0.295 e. The average Bonchev–Trinajstić information content (AvgIpc) is 2.98. The molecule has 1 amide bonds. The molecular weight excluding hydrogens is 250 g/mol. The van der Waals surface area contributed by atoms with Crippen LogP contribution in [0.2, 0.25) is 0 Å². The van der Waals surface area contributed by atoms with Crippen molar-refractivity contribution in [2.75, 3.05) is 32.9 Å². The molecule has 1 fully saturated rings. The molecule has 0 saturated carbocycles. The number of tetrazole rings is 1. The van der Waals surface area contributed by atoms with Crippen LogP contribution in [-0.4, -0.2) is 70.4 Å². The van der Waals surface area contributed by atoms with E-state index in [1.54, 1.807) is 4.90 Å². The van der Waals surface area contributed by atoms with Crippen LogP contribution in [0.25, 0.3) is 0 Å². The third-order valence-corrected chi connectivity index (χ3v) is 3.05.